The van der Waals surface area contributed by atoms with E-state index in [1.165, 1.54) is 0 Å². The van der Waals surface area contributed by atoms with Crippen molar-refractivity contribution in [3.05, 3.63) is 30.4 Å². The summed E-state index contributed by atoms with van der Waals surface area (Å²) in [5.74, 6) is 1.44. The van der Waals surface area contributed by atoms with Crippen LogP contribution in [0.1, 0.15) is 19.3 Å². The lowest BCUT2D eigenvalue weighted by atomic mass is 9.93. The van der Waals surface area contributed by atoms with Gasteiger partial charge in [0.15, 0.2) is 0 Å². The molecule has 0 fully saturated rings. The van der Waals surface area contributed by atoms with Gasteiger partial charge in [0.05, 0.1) is 14.2 Å². The minimum atomic E-state index is 0.0552. The second-order valence-electron chi connectivity index (χ2n) is 4.57. The number of hydrogen-bond donors (Lipinski definition) is 1. The Balaban J connectivity index is 2.09. The number of carbonyl (C=O) groups is 1. The summed E-state index contributed by atoms with van der Waals surface area (Å²) < 4.78 is 10.4. The average Bonchev–Trinajstić information content (AvgIpc) is 2.47. The van der Waals surface area contributed by atoms with Gasteiger partial charge in [-0.25, -0.2) is 0 Å². The minimum absolute atomic E-state index is 0.0552. The molecule has 1 atom stereocenters. The van der Waals surface area contributed by atoms with Crippen LogP contribution in [0.5, 0.6) is 11.5 Å². The molecule has 4 heteroatoms. The zero-order valence-corrected chi connectivity index (χ0v) is 11.3. The fourth-order valence-corrected chi connectivity index (χ4v) is 2.16. The van der Waals surface area contributed by atoms with Gasteiger partial charge in [0.1, 0.15) is 11.5 Å². The van der Waals surface area contributed by atoms with Crippen molar-refractivity contribution in [1.29, 1.82) is 0 Å². The van der Waals surface area contributed by atoms with Crippen molar-refractivity contribution in [3.63, 3.8) is 0 Å². The fourth-order valence-electron chi connectivity index (χ4n) is 2.16. The van der Waals surface area contributed by atoms with Gasteiger partial charge in [0.2, 0.25) is 5.91 Å². The molecule has 0 saturated heterocycles. The minimum Gasteiger partial charge on any atom is -0.497 e. The Labute approximate surface area is 113 Å². The van der Waals surface area contributed by atoms with Gasteiger partial charge in [-0.2, -0.15) is 0 Å². The number of rotatable bonds is 4. The summed E-state index contributed by atoms with van der Waals surface area (Å²) in [6, 6.07) is 5.36. The van der Waals surface area contributed by atoms with Crippen molar-refractivity contribution in [1.82, 2.24) is 0 Å². The molecule has 1 N–H and O–H groups in total. The quantitative estimate of drug-likeness (QED) is 0.847. The van der Waals surface area contributed by atoms with Gasteiger partial charge in [-0.05, 0) is 19.3 Å². The normalized spacial score (nSPS) is 17.9. The third-order valence-electron chi connectivity index (χ3n) is 3.26. The van der Waals surface area contributed by atoms with Crippen LogP contribution in [0.25, 0.3) is 0 Å². The largest absolute Gasteiger partial charge is 0.497 e. The first kappa shape index (κ1) is 13.5. The van der Waals surface area contributed by atoms with Crippen molar-refractivity contribution in [3.8, 4) is 11.5 Å². The molecule has 102 valence electrons. The van der Waals surface area contributed by atoms with Crippen molar-refractivity contribution in [2.45, 2.75) is 19.3 Å². The molecular formula is C15H19NO3. The number of allylic oxidation sites excluding steroid dienone is 2. The van der Waals surface area contributed by atoms with E-state index < -0.39 is 0 Å². The molecule has 1 aliphatic rings. The number of ether oxygens (including phenoxy) is 2. The predicted molar refractivity (Wildman–Crippen MR) is 74.7 cm³/mol. The van der Waals surface area contributed by atoms with Crippen LogP contribution in [-0.4, -0.2) is 20.1 Å². The summed E-state index contributed by atoms with van der Waals surface area (Å²) in [5.41, 5.74) is 0.704. The summed E-state index contributed by atoms with van der Waals surface area (Å²) in [7, 11) is 3.18. The maximum absolute atomic E-state index is 12.1. The summed E-state index contributed by atoms with van der Waals surface area (Å²) in [6.07, 6.45) is 6.88. The first-order valence-corrected chi connectivity index (χ1v) is 6.42. The van der Waals surface area contributed by atoms with Gasteiger partial charge in [-0.15, -0.1) is 0 Å². The standard InChI is InChI=1S/C15H19NO3/c1-18-13-8-12(9-14(10-13)19-2)16-15(17)11-6-4-3-5-7-11/h3-4,8-11H,5-7H2,1-2H3,(H,16,17). The first-order chi connectivity index (χ1) is 9.22. The number of benzene rings is 1. The summed E-state index contributed by atoms with van der Waals surface area (Å²) in [5, 5.41) is 2.93. The van der Waals surface area contributed by atoms with Crippen LogP contribution in [0, 0.1) is 5.92 Å². The van der Waals surface area contributed by atoms with E-state index in [-0.39, 0.29) is 11.8 Å². The van der Waals surface area contributed by atoms with Gasteiger partial charge in [0.25, 0.3) is 0 Å². The molecule has 19 heavy (non-hydrogen) atoms. The third-order valence-corrected chi connectivity index (χ3v) is 3.26. The molecular weight excluding hydrogens is 242 g/mol. The Morgan fingerprint density at radius 3 is 2.37 bits per heavy atom. The number of methoxy groups -OCH3 is 2. The predicted octanol–water partition coefficient (Wildman–Crippen LogP) is 3.00. The Morgan fingerprint density at radius 1 is 1.16 bits per heavy atom. The highest BCUT2D eigenvalue weighted by atomic mass is 16.5. The second-order valence-corrected chi connectivity index (χ2v) is 4.57. The van der Waals surface area contributed by atoms with E-state index in [2.05, 4.69) is 17.5 Å². The van der Waals surface area contributed by atoms with E-state index in [9.17, 15) is 4.79 Å². The van der Waals surface area contributed by atoms with Crippen LogP contribution in [0.15, 0.2) is 30.4 Å². The molecule has 1 aromatic rings. The molecule has 0 bridgehead atoms. The van der Waals surface area contributed by atoms with Gasteiger partial charge >= 0.3 is 0 Å². The molecule has 1 amide bonds. The molecule has 0 aromatic heterocycles. The smallest absolute Gasteiger partial charge is 0.227 e. The van der Waals surface area contributed by atoms with E-state index in [0.29, 0.717) is 17.2 Å². The molecule has 0 aliphatic heterocycles. The Bertz CT molecular complexity index is 460. The molecule has 1 aliphatic carbocycles. The molecule has 0 saturated carbocycles. The van der Waals surface area contributed by atoms with Gasteiger partial charge in [0, 0.05) is 29.8 Å². The Morgan fingerprint density at radius 2 is 1.84 bits per heavy atom. The van der Waals surface area contributed by atoms with E-state index >= 15 is 0 Å². The van der Waals surface area contributed by atoms with Gasteiger partial charge < -0.3 is 14.8 Å². The van der Waals surface area contributed by atoms with E-state index in [0.717, 1.165) is 19.3 Å². The molecule has 1 unspecified atom stereocenters. The number of amides is 1. The van der Waals surface area contributed by atoms with Crippen LogP contribution < -0.4 is 14.8 Å². The lowest BCUT2D eigenvalue weighted by molar-refractivity contribution is -0.120. The lowest BCUT2D eigenvalue weighted by Crippen LogP contribution is -2.23. The number of anilines is 1. The second kappa shape index (κ2) is 6.27. The third kappa shape index (κ3) is 3.50. The van der Waals surface area contributed by atoms with E-state index in [4.69, 9.17) is 9.47 Å². The van der Waals surface area contributed by atoms with Gasteiger partial charge in [-0.3, -0.25) is 4.79 Å². The number of hydrogen-bond acceptors (Lipinski definition) is 3. The highest BCUT2D eigenvalue weighted by molar-refractivity contribution is 5.93. The summed E-state index contributed by atoms with van der Waals surface area (Å²) in [4.78, 5) is 12.1. The maximum atomic E-state index is 12.1. The van der Waals surface area contributed by atoms with Crippen LogP contribution >= 0.6 is 0 Å². The molecule has 0 heterocycles. The van der Waals surface area contributed by atoms with Crippen LogP contribution in [-0.2, 0) is 4.79 Å². The maximum Gasteiger partial charge on any atom is 0.227 e. The highest BCUT2D eigenvalue weighted by Gasteiger charge is 2.19. The lowest BCUT2D eigenvalue weighted by Gasteiger charge is -2.17. The fraction of sp³-hybridized carbons (Fsp3) is 0.400. The van der Waals surface area contributed by atoms with Crippen molar-refractivity contribution in [2.75, 3.05) is 19.5 Å². The average molecular weight is 261 g/mol. The summed E-state index contributed by atoms with van der Waals surface area (Å²) in [6.45, 7) is 0. The molecule has 4 nitrogen and oxygen atoms in total. The van der Waals surface area contributed by atoms with E-state index in [1.807, 2.05) is 0 Å². The van der Waals surface area contributed by atoms with Crippen molar-refractivity contribution < 1.29 is 14.3 Å². The SMILES string of the molecule is COc1cc(NC(=O)C2CC=CCC2)cc(OC)c1. The summed E-state index contributed by atoms with van der Waals surface area (Å²) >= 11 is 0. The molecule has 2 rings (SSSR count). The highest BCUT2D eigenvalue weighted by Crippen LogP contribution is 2.27. The monoisotopic (exact) mass is 261 g/mol. The van der Waals surface area contributed by atoms with Crippen LogP contribution in [0.4, 0.5) is 5.69 Å². The van der Waals surface area contributed by atoms with Crippen molar-refractivity contribution in [2.24, 2.45) is 5.92 Å². The topological polar surface area (TPSA) is 47.6 Å². The molecule has 1 aromatic carbocycles. The number of nitrogens with one attached hydrogen (secondary N) is 1. The van der Waals surface area contributed by atoms with Crippen molar-refractivity contribution >= 4 is 11.6 Å². The molecule has 0 spiro atoms. The Hall–Kier alpha value is -1.97. The van der Waals surface area contributed by atoms with Crippen LogP contribution in [0.2, 0.25) is 0 Å². The van der Waals surface area contributed by atoms with Crippen LogP contribution in [0.3, 0.4) is 0 Å². The number of carbonyl (C=O) groups excluding carboxylic acids is 1. The Kier molecular flexibility index (Phi) is 4.44. The molecule has 0 radical (unpaired) electrons. The zero-order valence-electron chi connectivity index (χ0n) is 11.3. The zero-order chi connectivity index (χ0) is 13.7. The van der Waals surface area contributed by atoms with E-state index in [1.54, 1.807) is 32.4 Å². The van der Waals surface area contributed by atoms with Gasteiger partial charge in [-0.1, -0.05) is 12.2 Å². The first-order valence-electron chi connectivity index (χ1n) is 6.42.